The van der Waals surface area contributed by atoms with Crippen LogP contribution in [-0.2, 0) is 11.2 Å². The van der Waals surface area contributed by atoms with Crippen molar-refractivity contribution in [1.29, 1.82) is 0 Å². The van der Waals surface area contributed by atoms with E-state index in [2.05, 4.69) is 17.4 Å². The minimum Gasteiger partial charge on any atom is -0.350 e. The van der Waals surface area contributed by atoms with Crippen LogP contribution in [-0.4, -0.2) is 17.3 Å². The molecule has 1 aromatic carbocycles. The SMILES string of the molecule is CC(C)(CCc1ccccc1)NC(=O)CCl. The number of halogens is 1. The molecule has 0 saturated heterocycles. The number of carbonyl (C=O) groups is 1. The zero-order chi connectivity index (χ0) is 12.0. The summed E-state index contributed by atoms with van der Waals surface area (Å²) in [7, 11) is 0. The first-order valence-corrected chi connectivity index (χ1v) is 5.98. The topological polar surface area (TPSA) is 29.1 Å². The third-order valence-electron chi connectivity index (χ3n) is 2.48. The Morgan fingerprint density at radius 3 is 2.50 bits per heavy atom. The van der Waals surface area contributed by atoms with Crippen LogP contribution >= 0.6 is 11.6 Å². The van der Waals surface area contributed by atoms with Crippen molar-refractivity contribution in [2.24, 2.45) is 0 Å². The van der Waals surface area contributed by atoms with Gasteiger partial charge in [-0.2, -0.15) is 0 Å². The van der Waals surface area contributed by atoms with Crippen LogP contribution in [0, 0.1) is 0 Å². The van der Waals surface area contributed by atoms with Gasteiger partial charge in [-0.3, -0.25) is 4.79 Å². The molecule has 1 N–H and O–H groups in total. The van der Waals surface area contributed by atoms with Crippen LogP contribution in [0.25, 0.3) is 0 Å². The van der Waals surface area contributed by atoms with Crippen LogP contribution in [0.3, 0.4) is 0 Å². The maximum Gasteiger partial charge on any atom is 0.235 e. The monoisotopic (exact) mass is 239 g/mol. The fourth-order valence-corrected chi connectivity index (χ4v) is 1.64. The Morgan fingerprint density at radius 1 is 1.31 bits per heavy atom. The van der Waals surface area contributed by atoms with E-state index < -0.39 is 0 Å². The Morgan fingerprint density at radius 2 is 1.94 bits per heavy atom. The largest absolute Gasteiger partial charge is 0.350 e. The minimum atomic E-state index is -0.207. The Kier molecular flexibility index (Phi) is 4.81. The van der Waals surface area contributed by atoms with Gasteiger partial charge in [0, 0.05) is 5.54 Å². The average molecular weight is 240 g/mol. The fourth-order valence-electron chi connectivity index (χ4n) is 1.57. The highest BCUT2D eigenvalue weighted by Crippen LogP contribution is 2.13. The van der Waals surface area contributed by atoms with Gasteiger partial charge in [-0.05, 0) is 32.3 Å². The van der Waals surface area contributed by atoms with E-state index in [0.717, 1.165) is 12.8 Å². The molecule has 3 heteroatoms. The van der Waals surface area contributed by atoms with Gasteiger partial charge in [0.05, 0.1) is 0 Å². The van der Waals surface area contributed by atoms with E-state index >= 15 is 0 Å². The van der Waals surface area contributed by atoms with Crippen molar-refractivity contribution in [2.45, 2.75) is 32.2 Å². The van der Waals surface area contributed by atoms with Crippen molar-refractivity contribution in [3.8, 4) is 0 Å². The van der Waals surface area contributed by atoms with Gasteiger partial charge in [-0.1, -0.05) is 30.3 Å². The molecule has 0 spiro atoms. The molecule has 0 atom stereocenters. The molecule has 0 saturated carbocycles. The molecule has 0 aromatic heterocycles. The van der Waals surface area contributed by atoms with Crippen LogP contribution in [0.15, 0.2) is 30.3 Å². The molecule has 0 unspecified atom stereocenters. The summed E-state index contributed by atoms with van der Waals surface area (Å²) in [6, 6.07) is 10.3. The second-order valence-corrected chi connectivity index (χ2v) is 4.82. The maximum atomic E-state index is 11.2. The van der Waals surface area contributed by atoms with Crippen molar-refractivity contribution in [3.05, 3.63) is 35.9 Å². The molecule has 0 fully saturated rings. The first-order valence-electron chi connectivity index (χ1n) is 5.44. The van der Waals surface area contributed by atoms with Crippen LogP contribution < -0.4 is 5.32 Å². The van der Waals surface area contributed by atoms with Crippen molar-refractivity contribution >= 4 is 17.5 Å². The van der Waals surface area contributed by atoms with Crippen molar-refractivity contribution in [1.82, 2.24) is 5.32 Å². The zero-order valence-corrected chi connectivity index (χ0v) is 10.6. The second-order valence-electron chi connectivity index (χ2n) is 4.55. The summed E-state index contributed by atoms with van der Waals surface area (Å²) in [5, 5.41) is 2.91. The van der Waals surface area contributed by atoms with Crippen LogP contribution in [0.2, 0.25) is 0 Å². The molecule has 0 aliphatic rings. The van der Waals surface area contributed by atoms with Crippen molar-refractivity contribution < 1.29 is 4.79 Å². The molecule has 2 nitrogen and oxygen atoms in total. The molecular weight excluding hydrogens is 222 g/mol. The summed E-state index contributed by atoms with van der Waals surface area (Å²) in [4.78, 5) is 11.2. The smallest absolute Gasteiger partial charge is 0.235 e. The minimum absolute atomic E-state index is 0.0226. The molecule has 88 valence electrons. The number of benzene rings is 1. The van der Waals surface area contributed by atoms with Crippen LogP contribution in [0.1, 0.15) is 25.8 Å². The molecule has 0 radical (unpaired) electrons. The zero-order valence-electron chi connectivity index (χ0n) is 9.79. The summed E-state index contributed by atoms with van der Waals surface area (Å²) in [5.41, 5.74) is 1.08. The maximum absolute atomic E-state index is 11.2. The van der Waals surface area contributed by atoms with Gasteiger partial charge in [0.1, 0.15) is 5.88 Å². The third kappa shape index (κ3) is 4.67. The molecule has 0 aliphatic carbocycles. The molecule has 1 aromatic rings. The number of hydrogen-bond donors (Lipinski definition) is 1. The Hall–Kier alpha value is -1.02. The summed E-state index contributed by atoms with van der Waals surface area (Å²) in [5.74, 6) is -0.0888. The summed E-state index contributed by atoms with van der Waals surface area (Å²) < 4.78 is 0. The highest BCUT2D eigenvalue weighted by molar-refractivity contribution is 6.27. The normalized spacial score (nSPS) is 11.2. The lowest BCUT2D eigenvalue weighted by molar-refractivity contribution is -0.120. The molecule has 1 rings (SSSR count). The van der Waals surface area contributed by atoms with Gasteiger partial charge >= 0.3 is 0 Å². The van der Waals surface area contributed by atoms with Gasteiger partial charge < -0.3 is 5.32 Å². The lowest BCUT2D eigenvalue weighted by atomic mass is 9.95. The van der Waals surface area contributed by atoms with E-state index in [1.165, 1.54) is 5.56 Å². The number of aryl methyl sites for hydroxylation is 1. The lowest BCUT2D eigenvalue weighted by Gasteiger charge is -2.26. The third-order valence-corrected chi connectivity index (χ3v) is 2.72. The van der Waals surface area contributed by atoms with E-state index in [0.29, 0.717) is 0 Å². The van der Waals surface area contributed by atoms with Gasteiger partial charge in [0.15, 0.2) is 0 Å². The number of alkyl halides is 1. The molecule has 1 amide bonds. The predicted molar refractivity (Wildman–Crippen MR) is 67.7 cm³/mol. The van der Waals surface area contributed by atoms with Crippen LogP contribution in [0.5, 0.6) is 0 Å². The van der Waals surface area contributed by atoms with Crippen molar-refractivity contribution in [2.75, 3.05) is 5.88 Å². The first kappa shape index (κ1) is 13.0. The van der Waals surface area contributed by atoms with Crippen LogP contribution in [0.4, 0.5) is 0 Å². The Balaban J connectivity index is 2.44. The van der Waals surface area contributed by atoms with E-state index in [4.69, 9.17) is 11.6 Å². The molecule has 0 bridgehead atoms. The molecule has 0 heterocycles. The van der Waals surface area contributed by atoms with Crippen molar-refractivity contribution in [3.63, 3.8) is 0 Å². The second kappa shape index (κ2) is 5.90. The number of nitrogens with one attached hydrogen (secondary N) is 1. The van der Waals surface area contributed by atoms with E-state index in [1.54, 1.807) is 0 Å². The summed E-state index contributed by atoms with van der Waals surface area (Å²) >= 11 is 5.46. The number of amides is 1. The summed E-state index contributed by atoms with van der Waals surface area (Å²) in [6.45, 7) is 4.03. The standard InChI is InChI=1S/C13H18ClNO/c1-13(2,15-12(16)10-14)9-8-11-6-4-3-5-7-11/h3-7H,8-10H2,1-2H3,(H,15,16). The molecular formula is C13H18ClNO. The Labute approximate surface area is 102 Å². The fraction of sp³-hybridized carbons (Fsp3) is 0.462. The van der Waals surface area contributed by atoms with E-state index in [-0.39, 0.29) is 17.3 Å². The quantitative estimate of drug-likeness (QED) is 0.787. The van der Waals surface area contributed by atoms with Gasteiger partial charge in [-0.25, -0.2) is 0 Å². The predicted octanol–water partition coefficient (Wildman–Crippen LogP) is 2.75. The highest BCUT2D eigenvalue weighted by Gasteiger charge is 2.19. The van der Waals surface area contributed by atoms with E-state index in [9.17, 15) is 4.79 Å². The molecule has 0 aliphatic heterocycles. The lowest BCUT2D eigenvalue weighted by Crippen LogP contribution is -2.44. The average Bonchev–Trinajstić information content (AvgIpc) is 2.27. The van der Waals surface area contributed by atoms with Gasteiger partial charge in [0.25, 0.3) is 0 Å². The number of carbonyl (C=O) groups excluding carboxylic acids is 1. The highest BCUT2D eigenvalue weighted by atomic mass is 35.5. The van der Waals surface area contributed by atoms with Gasteiger partial charge in [-0.15, -0.1) is 11.6 Å². The van der Waals surface area contributed by atoms with E-state index in [1.807, 2.05) is 32.0 Å². The Bertz CT molecular complexity index is 335. The number of hydrogen-bond acceptors (Lipinski definition) is 1. The molecule has 16 heavy (non-hydrogen) atoms. The first-order chi connectivity index (χ1) is 7.53. The number of rotatable bonds is 5. The van der Waals surface area contributed by atoms with Gasteiger partial charge in [0.2, 0.25) is 5.91 Å². The summed E-state index contributed by atoms with van der Waals surface area (Å²) in [6.07, 6.45) is 1.86.